The van der Waals surface area contributed by atoms with E-state index in [2.05, 4.69) is 10.1 Å². The first-order valence-electron chi connectivity index (χ1n) is 8.65. The molecule has 0 fully saturated rings. The first kappa shape index (κ1) is 20.5. The summed E-state index contributed by atoms with van der Waals surface area (Å²) in [7, 11) is 2.48. The second-order valence-corrected chi connectivity index (χ2v) is 6.93. The molecule has 2 aromatic carbocycles. The summed E-state index contributed by atoms with van der Waals surface area (Å²) in [5, 5.41) is 2.65. The van der Waals surface area contributed by atoms with E-state index in [9.17, 15) is 14.4 Å². The van der Waals surface area contributed by atoms with Crippen molar-refractivity contribution in [1.29, 1.82) is 0 Å². The number of hydrogen-bond acceptors (Lipinski definition) is 8. The summed E-state index contributed by atoms with van der Waals surface area (Å²) in [6.07, 6.45) is 0. The highest BCUT2D eigenvalue weighted by molar-refractivity contribution is 8.00. The zero-order valence-electron chi connectivity index (χ0n) is 15.9. The number of nitrogens with one attached hydrogen (secondary N) is 1. The Morgan fingerprint density at radius 3 is 2.41 bits per heavy atom. The molecule has 1 heterocycles. The smallest absolute Gasteiger partial charge is 0.339 e. The molecule has 3 rings (SSSR count). The third-order valence-corrected chi connectivity index (χ3v) is 5.00. The van der Waals surface area contributed by atoms with Gasteiger partial charge in [0.05, 0.1) is 36.8 Å². The van der Waals surface area contributed by atoms with Gasteiger partial charge in [-0.25, -0.2) is 9.59 Å². The molecule has 8 nitrogen and oxygen atoms in total. The van der Waals surface area contributed by atoms with Gasteiger partial charge in [0.25, 0.3) is 0 Å². The highest BCUT2D eigenvalue weighted by Gasteiger charge is 2.18. The molecule has 0 unspecified atom stereocenters. The van der Waals surface area contributed by atoms with E-state index in [0.29, 0.717) is 24.7 Å². The molecular formula is C20H19NO7S. The molecular weight excluding hydrogens is 398 g/mol. The van der Waals surface area contributed by atoms with Gasteiger partial charge in [0.2, 0.25) is 5.91 Å². The Morgan fingerprint density at radius 2 is 1.69 bits per heavy atom. The predicted octanol–water partition coefficient (Wildman–Crippen LogP) is 2.76. The van der Waals surface area contributed by atoms with Crippen LogP contribution in [-0.2, 0) is 14.3 Å². The quantitative estimate of drug-likeness (QED) is 0.566. The average molecular weight is 417 g/mol. The summed E-state index contributed by atoms with van der Waals surface area (Å²) in [6, 6.07) is 9.65. The molecule has 9 heteroatoms. The van der Waals surface area contributed by atoms with E-state index in [-0.39, 0.29) is 28.5 Å². The lowest BCUT2D eigenvalue weighted by Crippen LogP contribution is -2.18. The van der Waals surface area contributed by atoms with Crippen LogP contribution in [0.2, 0.25) is 0 Å². The first-order chi connectivity index (χ1) is 14.0. The molecule has 2 aromatic rings. The fourth-order valence-corrected chi connectivity index (χ4v) is 3.35. The van der Waals surface area contributed by atoms with Gasteiger partial charge in [-0.15, -0.1) is 11.8 Å². The van der Waals surface area contributed by atoms with Crippen LogP contribution in [-0.4, -0.2) is 51.0 Å². The number of hydrogen-bond donors (Lipinski definition) is 1. The van der Waals surface area contributed by atoms with E-state index in [1.807, 2.05) is 12.1 Å². The van der Waals surface area contributed by atoms with Crippen molar-refractivity contribution in [2.24, 2.45) is 0 Å². The third kappa shape index (κ3) is 5.00. The van der Waals surface area contributed by atoms with Crippen LogP contribution >= 0.6 is 11.8 Å². The van der Waals surface area contributed by atoms with E-state index in [0.717, 1.165) is 4.90 Å². The summed E-state index contributed by atoms with van der Waals surface area (Å²) in [5.41, 5.74) is 0.514. The maximum absolute atomic E-state index is 12.4. The van der Waals surface area contributed by atoms with Gasteiger partial charge in [0.1, 0.15) is 13.2 Å². The fourth-order valence-electron chi connectivity index (χ4n) is 2.63. The van der Waals surface area contributed by atoms with Crippen LogP contribution in [0.4, 0.5) is 5.69 Å². The van der Waals surface area contributed by atoms with Gasteiger partial charge in [-0.05, 0) is 36.4 Å². The van der Waals surface area contributed by atoms with Crippen LogP contribution in [0.15, 0.2) is 41.3 Å². The SMILES string of the molecule is COC(=O)c1ccc(C(=O)OC)c(NC(=O)CSc2ccc3c(c2)OCCO3)c1. The van der Waals surface area contributed by atoms with Crippen LogP contribution in [0.3, 0.4) is 0 Å². The molecule has 0 spiro atoms. The Labute approximate surface area is 171 Å². The van der Waals surface area contributed by atoms with Crippen molar-refractivity contribution in [3.8, 4) is 11.5 Å². The van der Waals surface area contributed by atoms with Crippen molar-refractivity contribution >= 4 is 35.3 Å². The minimum atomic E-state index is -0.629. The van der Waals surface area contributed by atoms with Gasteiger partial charge < -0.3 is 24.3 Å². The van der Waals surface area contributed by atoms with Crippen LogP contribution in [0.5, 0.6) is 11.5 Å². The molecule has 152 valence electrons. The van der Waals surface area contributed by atoms with Gasteiger partial charge in [0.15, 0.2) is 11.5 Å². The minimum Gasteiger partial charge on any atom is -0.486 e. The van der Waals surface area contributed by atoms with Crippen LogP contribution in [0.25, 0.3) is 0 Å². The molecule has 1 aliphatic heterocycles. The number of benzene rings is 2. The average Bonchev–Trinajstić information content (AvgIpc) is 2.76. The molecule has 0 aliphatic carbocycles. The zero-order valence-corrected chi connectivity index (χ0v) is 16.7. The Morgan fingerprint density at radius 1 is 0.966 bits per heavy atom. The number of carbonyl (C=O) groups excluding carboxylic acids is 3. The number of anilines is 1. The number of amides is 1. The normalized spacial score (nSPS) is 12.1. The molecule has 0 atom stereocenters. The van der Waals surface area contributed by atoms with Gasteiger partial charge in [-0.3, -0.25) is 4.79 Å². The van der Waals surface area contributed by atoms with E-state index < -0.39 is 11.9 Å². The minimum absolute atomic E-state index is 0.0860. The Bertz CT molecular complexity index is 944. The highest BCUT2D eigenvalue weighted by atomic mass is 32.2. The molecule has 0 radical (unpaired) electrons. The number of methoxy groups -OCH3 is 2. The lowest BCUT2D eigenvalue weighted by molar-refractivity contribution is -0.113. The number of fused-ring (bicyclic) bond motifs is 1. The maximum atomic E-state index is 12.4. The Balaban J connectivity index is 1.70. The Kier molecular flexibility index (Phi) is 6.61. The van der Waals surface area contributed by atoms with E-state index in [4.69, 9.17) is 14.2 Å². The summed E-state index contributed by atoms with van der Waals surface area (Å²) < 4.78 is 20.4. The number of ether oxygens (including phenoxy) is 4. The summed E-state index contributed by atoms with van der Waals surface area (Å²) >= 11 is 1.30. The van der Waals surface area contributed by atoms with Crippen molar-refractivity contribution < 1.29 is 33.3 Å². The molecule has 0 aromatic heterocycles. The summed E-state index contributed by atoms with van der Waals surface area (Å²) in [6.45, 7) is 0.990. The van der Waals surface area contributed by atoms with E-state index >= 15 is 0 Å². The summed E-state index contributed by atoms with van der Waals surface area (Å²) in [5.74, 6) is -0.161. The number of carbonyl (C=O) groups is 3. The predicted molar refractivity (Wildman–Crippen MR) is 106 cm³/mol. The molecule has 0 saturated carbocycles. The van der Waals surface area contributed by atoms with Gasteiger partial charge in [-0.2, -0.15) is 0 Å². The molecule has 1 N–H and O–H groups in total. The molecule has 1 aliphatic rings. The third-order valence-electron chi connectivity index (χ3n) is 4.00. The van der Waals surface area contributed by atoms with Gasteiger partial charge >= 0.3 is 11.9 Å². The lowest BCUT2D eigenvalue weighted by Gasteiger charge is -2.18. The second kappa shape index (κ2) is 9.33. The van der Waals surface area contributed by atoms with Crippen molar-refractivity contribution in [3.63, 3.8) is 0 Å². The standard InChI is InChI=1S/C20H19NO7S/c1-25-19(23)12-3-5-14(20(24)26-2)15(9-12)21-18(22)11-29-13-4-6-16-17(10-13)28-8-7-27-16/h3-6,9-10H,7-8,11H2,1-2H3,(H,21,22). The fraction of sp³-hybridized carbons (Fsp3) is 0.250. The maximum Gasteiger partial charge on any atom is 0.339 e. The van der Waals surface area contributed by atoms with Crippen LogP contribution in [0, 0.1) is 0 Å². The molecule has 1 amide bonds. The van der Waals surface area contributed by atoms with Crippen molar-refractivity contribution in [2.45, 2.75) is 4.90 Å². The second-order valence-electron chi connectivity index (χ2n) is 5.89. The lowest BCUT2D eigenvalue weighted by atomic mass is 10.1. The Hall–Kier alpha value is -3.20. The van der Waals surface area contributed by atoms with E-state index in [1.54, 1.807) is 6.07 Å². The molecule has 0 bridgehead atoms. The van der Waals surface area contributed by atoms with Gasteiger partial charge in [0, 0.05) is 4.90 Å². The number of rotatable bonds is 6. The van der Waals surface area contributed by atoms with Crippen LogP contribution < -0.4 is 14.8 Å². The van der Waals surface area contributed by atoms with Gasteiger partial charge in [-0.1, -0.05) is 0 Å². The zero-order chi connectivity index (χ0) is 20.8. The largest absolute Gasteiger partial charge is 0.486 e. The first-order valence-corrected chi connectivity index (χ1v) is 9.63. The highest BCUT2D eigenvalue weighted by Crippen LogP contribution is 2.34. The van der Waals surface area contributed by atoms with Crippen molar-refractivity contribution in [3.05, 3.63) is 47.5 Å². The van der Waals surface area contributed by atoms with E-state index in [1.165, 1.54) is 44.2 Å². The van der Waals surface area contributed by atoms with Crippen molar-refractivity contribution in [2.75, 3.05) is 38.5 Å². The topological polar surface area (TPSA) is 100 Å². The van der Waals surface area contributed by atoms with Crippen LogP contribution in [0.1, 0.15) is 20.7 Å². The molecule has 0 saturated heterocycles. The monoisotopic (exact) mass is 417 g/mol. The summed E-state index contributed by atoms with van der Waals surface area (Å²) in [4.78, 5) is 37.0. The molecule has 29 heavy (non-hydrogen) atoms. The number of esters is 2. The number of thioether (sulfide) groups is 1. The van der Waals surface area contributed by atoms with Crippen molar-refractivity contribution in [1.82, 2.24) is 0 Å².